The minimum atomic E-state index is 0.689. The summed E-state index contributed by atoms with van der Waals surface area (Å²) >= 11 is 0. The number of fused-ring (bicyclic) bond motifs is 1. The molecule has 2 unspecified atom stereocenters. The van der Waals surface area contributed by atoms with Crippen molar-refractivity contribution in [1.82, 2.24) is 4.98 Å². The highest BCUT2D eigenvalue weighted by Gasteiger charge is 2.45. The van der Waals surface area contributed by atoms with Crippen LogP contribution in [0.5, 0.6) is 0 Å². The van der Waals surface area contributed by atoms with E-state index in [2.05, 4.69) is 29.4 Å². The minimum absolute atomic E-state index is 0.689. The molecule has 2 aliphatic rings. The van der Waals surface area contributed by atoms with Crippen LogP contribution in [0.4, 0.5) is 5.82 Å². The third-order valence-electron chi connectivity index (χ3n) is 3.51. The van der Waals surface area contributed by atoms with Crippen molar-refractivity contribution < 1.29 is 0 Å². The van der Waals surface area contributed by atoms with Gasteiger partial charge in [0, 0.05) is 12.2 Å². The standard InChI is InChI=1S/C12H16N2/c1-8-2-3-12(13-7-8)14-11-5-9-4-10(9)6-11/h2-3,7,9-11H,4-6H2,1H3,(H,13,14). The van der Waals surface area contributed by atoms with Crippen LogP contribution < -0.4 is 5.32 Å². The molecule has 1 aromatic heterocycles. The lowest BCUT2D eigenvalue weighted by molar-refractivity contribution is 0.649. The van der Waals surface area contributed by atoms with Gasteiger partial charge in [-0.15, -0.1) is 0 Å². The van der Waals surface area contributed by atoms with E-state index in [0.29, 0.717) is 6.04 Å². The second-order valence-corrected chi connectivity index (χ2v) is 4.79. The minimum Gasteiger partial charge on any atom is -0.367 e. The van der Waals surface area contributed by atoms with E-state index in [9.17, 15) is 0 Å². The molecule has 0 radical (unpaired) electrons. The molecule has 2 atom stereocenters. The fourth-order valence-corrected chi connectivity index (χ4v) is 2.59. The summed E-state index contributed by atoms with van der Waals surface area (Å²) in [5.74, 6) is 3.12. The first kappa shape index (κ1) is 8.27. The summed E-state index contributed by atoms with van der Waals surface area (Å²) in [7, 11) is 0. The number of nitrogens with zero attached hydrogens (tertiary/aromatic N) is 1. The highest BCUT2D eigenvalue weighted by Crippen LogP contribution is 2.52. The monoisotopic (exact) mass is 188 g/mol. The number of aromatic nitrogens is 1. The fourth-order valence-electron chi connectivity index (χ4n) is 2.59. The normalized spacial score (nSPS) is 33.9. The van der Waals surface area contributed by atoms with Crippen LogP contribution in [0.2, 0.25) is 0 Å². The number of hydrogen-bond acceptors (Lipinski definition) is 2. The Morgan fingerprint density at radius 3 is 2.64 bits per heavy atom. The maximum Gasteiger partial charge on any atom is 0.126 e. The Bertz CT molecular complexity index is 321. The average molecular weight is 188 g/mol. The highest BCUT2D eigenvalue weighted by atomic mass is 15.0. The van der Waals surface area contributed by atoms with Crippen molar-refractivity contribution in [3.63, 3.8) is 0 Å². The van der Waals surface area contributed by atoms with Crippen LogP contribution in [-0.2, 0) is 0 Å². The zero-order chi connectivity index (χ0) is 9.54. The van der Waals surface area contributed by atoms with Crippen molar-refractivity contribution in [3.05, 3.63) is 23.9 Å². The van der Waals surface area contributed by atoms with Gasteiger partial charge in [-0.1, -0.05) is 6.07 Å². The van der Waals surface area contributed by atoms with Crippen molar-refractivity contribution in [2.75, 3.05) is 5.32 Å². The molecule has 0 aromatic carbocycles. The molecule has 2 aliphatic carbocycles. The van der Waals surface area contributed by atoms with Crippen molar-refractivity contribution in [1.29, 1.82) is 0 Å². The molecular weight excluding hydrogens is 172 g/mol. The smallest absolute Gasteiger partial charge is 0.126 e. The predicted octanol–water partition coefficient (Wildman–Crippen LogP) is 2.60. The van der Waals surface area contributed by atoms with Crippen molar-refractivity contribution in [2.24, 2.45) is 11.8 Å². The quantitative estimate of drug-likeness (QED) is 0.771. The Balaban J connectivity index is 1.64. The Morgan fingerprint density at radius 2 is 2.00 bits per heavy atom. The fraction of sp³-hybridized carbons (Fsp3) is 0.583. The first-order valence-corrected chi connectivity index (χ1v) is 5.50. The van der Waals surface area contributed by atoms with Gasteiger partial charge >= 0.3 is 0 Å². The van der Waals surface area contributed by atoms with E-state index >= 15 is 0 Å². The molecule has 0 saturated heterocycles. The SMILES string of the molecule is Cc1ccc(NC2CC3CC3C2)nc1. The molecule has 2 heteroatoms. The van der Waals surface area contributed by atoms with Crippen LogP contribution in [0.25, 0.3) is 0 Å². The number of pyridine rings is 1. The van der Waals surface area contributed by atoms with Gasteiger partial charge in [0.25, 0.3) is 0 Å². The maximum atomic E-state index is 4.37. The molecule has 2 saturated carbocycles. The van der Waals surface area contributed by atoms with Gasteiger partial charge in [0.1, 0.15) is 5.82 Å². The van der Waals surface area contributed by atoms with E-state index in [1.807, 2.05) is 6.20 Å². The molecule has 14 heavy (non-hydrogen) atoms. The largest absolute Gasteiger partial charge is 0.367 e. The lowest BCUT2D eigenvalue weighted by Gasteiger charge is -2.14. The molecule has 74 valence electrons. The molecule has 2 nitrogen and oxygen atoms in total. The van der Waals surface area contributed by atoms with Gasteiger partial charge in [0.05, 0.1) is 0 Å². The summed E-state index contributed by atoms with van der Waals surface area (Å²) in [4.78, 5) is 4.37. The van der Waals surface area contributed by atoms with Crippen molar-refractivity contribution in [2.45, 2.75) is 32.2 Å². The molecule has 0 amide bonds. The van der Waals surface area contributed by atoms with E-state index in [1.54, 1.807) is 0 Å². The number of nitrogens with one attached hydrogen (secondary N) is 1. The molecule has 0 spiro atoms. The molecule has 2 fully saturated rings. The van der Waals surface area contributed by atoms with Gasteiger partial charge in [-0.25, -0.2) is 4.98 Å². The van der Waals surface area contributed by atoms with E-state index in [0.717, 1.165) is 17.7 Å². The lowest BCUT2D eigenvalue weighted by atomic mass is 10.1. The van der Waals surface area contributed by atoms with Crippen LogP contribution >= 0.6 is 0 Å². The molecule has 1 N–H and O–H groups in total. The zero-order valence-electron chi connectivity index (χ0n) is 8.53. The van der Waals surface area contributed by atoms with E-state index < -0.39 is 0 Å². The van der Waals surface area contributed by atoms with E-state index in [4.69, 9.17) is 0 Å². The second kappa shape index (κ2) is 2.97. The number of aryl methyl sites for hydroxylation is 1. The van der Waals surface area contributed by atoms with Crippen molar-refractivity contribution >= 4 is 5.82 Å². The number of anilines is 1. The molecular formula is C12H16N2. The van der Waals surface area contributed by atoms with E-state index in [1.165, 1.54) is 24.8 Å². The molecule has 3 rings (SSSR count). The van der Waals surface area contributed by atoms with Crippen LogP contribution in [0.15, 0.2) is 18.3 Å². The van der Waals surface area contributed by atoms with Crippen LogP contribution in [0, 0.1) is 18.8 Å². The van der Waals surface area contributed by atoms with Gasteiger partial charge in [-0.3, -0.25) is 0 Å². The number of rotatable bonds is 2. The van der Waals surface area contributed by atoms with E-state index in [-0.39, 0.29) is 0 Å². The summed E-state index contributed by atoms with van der Waals surface area (Å²) in [5.41, 5.74) is 1.23. The number of hydrogen-bond donors (Lipinski definition) is 1. The first-order valence-electron chi connectivity index (χ1n) is 5.50. The third kappa shape index (κ3) is 1.49. The summed E-state index contributed by atoms with van der Waals surface area (Å²) in [6.45, 7) is 2.07. The molecule has 1 heterocycles. The Hall–Kier alpha value is -1.05. The van der Waals surface area contributed by atoms with Crippen LogP contribution in [0.1, 0.15) is 24.8 Å². The topological polar surface area (TPSA) is 24.9 Å². The second-order valence-electron chi connectivity index (χ2n) is 4.79. The average Bonchev–Trinajstić information content (AvgIpc) is 2.79. The highest BCUT2D eigenvalue weighted by molar-refractivity contribution is 5.37. The third-order valence-corrected chi connectivity index (χ3v) is 3.51. The Labute approximate surface area is 84.7 Å². The summed E-state index contributed by atoms with van der Waals surface area (Å²) < 4.78 is 0. The van der Waals surface area contributed by atoms with Gasteiger partial charge in [0.15, 0.2) is 0 Å². The molecule has 0 aliphatic heterocycles. The van der Waals surface area contributed by atoms with Crippen molar-refractivity contribution in [3.8, 4) is 0 Å². The lowest BCUT2D eigenvalue weighted by Crippen LogP contribution is -2.17. The van der Waals surface area contributed by atoms with Gasteiger partial charge < -0.3 is 5.32 Å². The summed E-state index contributed by atoms with van der Waals surface area (Å²) in [6, 6.07) is 4.89. The van der Waals surface area contributed by atoms with Crippen LogP contribution in [0.3, 0.4) is 0 Å². The predicted molar refractivity (Wildman–Crippen MR) is 57.2 cm³/mol. The Morgan fingerprint density at radius 1 is 1.21 bits per heavy atom. The van der Waals surface area contributed by atoms with Gasteiger partial charge in [0.2, 0.25) is 0 Å². The van der Waals surface area contributed by atoms with Crippen LogP contribution in [-0.4, -0.2) is 11.0 Å². The molecule has 0 bridgehead atoms. The van der Waals surface area contributed by atoms with Gasteiger partial charge in [-0.05, 0) is 49.7 Å². The Kier molecular flexibility index (Phi) is 1.76. The molecule has 1 aromatic rings. The summed E-state index contributed by atoms with van der Waals surface area (Å²) in [6.07, 6.45) is 6.14. The first-order chi connectivity index (χ1) is 6.81. The zero-order valence-corrected chi connectivity index (χ0v) is 8.53. The summed E-state index contributed by atoms with van der Waals surface area (Å²) in [5, 5.41) is 3.52. The maximum absolute atomic E-state index is 4.37. The van der Waals surface area contributed by atoms with Gasteiger partial charge in [-0.2, -0.15) is 0 Å².